The molecule has 9 heteroatoms. The van der Waals surface area contributed by atoms with Crippen molar-refractivity contribution < 1.29 is 9.47 Å². The predicted molar refractivity (Wildman–Crippen MR) is 144 cm³/mol. The molecule has 0 aliphatic rings. The molecule has 0 saturated heterocycles. The third-order valence-corrected chi connectivity index (χ3v) is 6.67. The van der Waals surface area contributed by atoms with Crippen molar-refractivity contribution in [2.45, 2.75) is 40.2 Å². The molecule has 0 radical (unpaired) electrons. The average Bonchev–Trinajstić information content (AvgIpc) is 2.87. The molecule has 0 spiro atoms. The van der Waals surface area contributed by atoms with Crippen molar-refractivity contribution in [2.75, 3.05) is 7.11 Å². The molecule has 0 aliphatic carbocycles. The summed E-state index contributed by atoms with van der Waals surface area (Å²) in [6.07, 6.45) is 3.33. The van der Waals surface area contributed by atoms with Crippen LogP contribution in [0.5, 0.6) is 11.5 Å². The molecule has 0 amide bonds. The van der Waals surface area contributed by atoms with Gasteiger partial charge < -0.3 is 9.47 Å². The molecule has 3 aromatic heterocycles. The molecule has 186 valence electrons. The van der Waals surface area contributed by atoms with Crippen LogP contribution in [-0.2, 0) is 6.61 Å². The normalized spacial score (nSPS) is 11.1. The summed E-state index contributed by atoms with van der Waals surface area (Å²) >= 11 is 9.96. The van der Waals surface area contributed by atoms with Crippen LogP contribution >= 0.6 is 27.5 Å². The van der Waals surface area contributed by atoms with Gasteiger partial charge in [0.05, 0.1) is 29.2 Å². The van der Waals surface area contributed by atoms with Gasteiger partial charge in [0.2, 0.25) is 0 Å². The molecule has 4 rings (SSSR count). The molecule has 0 saturated carbocycles. The van der Waals surface area contributed by atoms with E-state index >= 15 is 0 Å². The van der Waals surface area contributed by atoms with Crippen LogP contribution in [0.1, 0.15) is 42.4 Å². The maximum absolute atomic E-state index is 13.4. The molecular formula is C27H26BrClN4O3. The summed E-state index contributed by atoms with van der Waals surface area (Å²) in [5, 5.41) is 0.344. The van der Waals surface area contributed by atoms with E-state index in [1.165, 1.54) is 10.8 Å². The highest BCUT2D eigenvalue weighted by atomic mass is 79.9. The summed E-state index contributed by atoms with van der Waals surface area (Å²) in [6.45, 7) is 8.11. The summed E-state index contributed by atoms with van der Waals surface area (Å²) in [4.78, 5) is 27.1. The van der Waals surface area contributed by atoms with Gasteiger partial charge >= 0.3 is 0 Å². The van der Waals surface area contributed by atoms with Gasteiger partial charge in [-0.25, -0.2) is 9.97 Å². The molecule has 4 aromatic rings. The minimum atomic E-state index is -0.294. The van der Waals surface area contributed by atoms with Crippen molar-refractivity contribution in [3.8, 4) is 28.6 Å². The third-order valence-electron chi connectivity index (χ3n) is 5.65. The summed E-state index contributed by atoms with van der Waals surface area (Å²) in [6, 6.07) is 11.2. The first-order valence-electron chi connectivity index (χ1n) is 11.4. The molecule has 0 aliphatic heterocycles. The minimum absolute atomic E-state index is 0.168. The van der Waals surface area contributed by atoms with Gasteiger partial charge in [-0.05, 0) is 59.1 Å². The van der Waals surface area contributed by atoms with Crippen molar-refractivity contribution in [3.63, 3.8) is 0 Å². The zero-order valence-electron chi connectivity index (χ0n) is 20.7. The Morgan fingerprint density at radius 1 is 1.11 bits per heavy atom. The van der Waals surface area contributed by atoms with E-state index in [1.807, 2.05) is 52.0 Å². The fraction of sp³-hybridized carbons (Fsp3) is 0.259. The maximum atomic E-state index is 13.4. The fourth-order valence-corrected chi connectivity index (χ4v) is 4.33. The second kappa shape index (κ2) is 10.8. The van der Waals surface area contributed by atoms with Crippen LogP contribution in [0.3, 0.4) is 0 Å². The van der Waals surface area contributed by atoms with Crippen LogP contribution in [0.2, 0.25) is 5.02 Å². The van der Waals surface area contributed by atoms with Crippen LogP contribution in [0.15, 0.2) is 58.1 Å². The molecule has 36 heavy (non-hydrogen) atoms. The van der Waals surface area contributed by atoms with Crippen LogP contribution in [0.4, 0.5) is 0 Å². The van der Waals surface area contributed by atoms with Crippen LogP contribution in [-0.4, -0.2) is 26.6 Å². The predicted octanol–water partition coefficient (Wildman–Crippen LogP) is 6.43. The lowest BCUT2D eigenvalue weighted by atomic mass is 10.1. The topological polar surface area (TPSA) is 79.1 Å². The average molecular weight is 570 g/mol. The lowest BCUT2D eigenvalue weighted by Gasteiger charge is -2.17. The van der Waals surface area contributed by atoms with Gasteiger partial charge in [0.25, 0.3) is 5.56 Å². The molecule has 0 fully saturated rings. The second-order valence-electron chi connectivity index (χ2n) is 8.68. The van der Waals surface area contributed by atoms with E-state index < -0.39 is 0 Å². The SMILES string of the molecule is COc1cccc(COc2cc(C)n(-c3cc(-c4nc(C(C)C)ncc4C)ncc3Cl)c(=O)c2Br)c1. The number of hydrogen-bond acceptors (Lipinski definition) is 6. The molecule has 0 N–H and O–H groups in total. The van der Waals surface area contributed by atoms with Gasteiger partial charge in [0.1, 0.15) is 28.4 Å². The third kappa shape index (κ3) is 5.29. The van der Waals surface area contributed by atoms with Gasteiger partial charge in [-0.2, -0.15) is 0 Å². The van der Waals surface area contributed by atoms with Crippen LogP contribution in [0.25, 0.3) is 17.1 Å². The van der Waals surface area contributed by atoms with Crippen LogP contribution < -0.4 is 15.0 Å². The maximum Gasteiger partial charge on any atom is 0.273 e. The number of benzene rings is 1. The zero-order valence-corrected chi connectivity index (χ0v) is 23.0. The van der Waals surface area contributed by atoms with E-state index in [4.69, 9.17) is 26.1 Å². The first-order valence-corrected chi connectivity index (χ1v) is 12.5. The van der Waals surface area contributed by atoms with E-state index in [1.54, 1.807) is 25.4 Å². The summed E-state index contributed by atoms with van der Waals surface area (Å²) in [5.74, 6) is 2.07. The highest BCUT2D eigenvalue weighted by Crippen LogP contribution is 2.30. The number of nitrogens with zero attached hydrogens (tertiary/aromatic N) is 4. The van der Waals surface area contributed by atoms with E-state index in [0.29, 0.717) is 38.0 Å². The highest BCUT2D eigenvalue weighted by Gasteiger charge is 2.18. The lowest BCUT2D eigenvalue weighted by Crippen LogP contribution is -2.22. The zero-order chi connectivity index (χ0) is 26.0. The van der Waals surface area contributed by atoms with Crippen molar-refractivity contribution in [1.29, 1.82) is 0 Å². The Bertz CT molecular complexity index is 1490. The van der Waals surface area contributed by atoms with Gasteiger partial charge in [-0.3, -0.25) is 14.3 Å². The molecule has 7 nitrogen and oxygen atoms in total. The number of hydrogen-bond donors (Lipinski definition) is 0. The monoisotopic (exact) mass is 568 g/mol. The first-order chi connectivity index (χ1) is 17.2. The van der Waals surface area contributed by atoms with E-state index in [9.17, 15) is 4.79 Å². The quantitative estimate of drug-likeness (QED) is 0.255. The van der Waals surface area contributed by atoms with Crippen molar-refractivity contribution >= 4 is 27.5 Å². The highest BCUT2D eigenvalue weighted by molar-refractivity contribution is 9.10. The van der Waals surface area contributed by atoms with Gasteiger partial charge in [-0.15, -0.1) is 0 Å². The number of pyridine rings is 2. The van der Waals surface area contributed by atoms with Crippen molar-refractivity contribution in [1.82, 2.24) is 19.5 Å². The Labute approximate surface area is 223 Å². The number of halogens is 2. The number of aryl methyl sites for hydroxylation is 2. The van der Waals surface area contributed by atoms with Crippen molar-refractivity contribution in [3.05, 3.63) is 91.3 Å². The summed E-state index contributed by atoms with van der Waals surface area (Å²) in [7, 11) is 1.62. The summed E-state index contributed by atoms with van der Waals surface area (Å²) < 4.78 is 13.1. The summed E-state index contributed by atoms with van der Waals surface area (Å²) in [5.41, 5.74) is 3.99. The number of methoxy groups -OCH3 is 1. The molecular weight excluding hydrogens is 544 g/mol. The molecule has 0 atom stereocenters. The number of aromatic nitrogens is 4. The Morgan fingerprint density at radius 3 is 2.61 bits per heavy atom. The lowest BCUT2D eigenvalue weighted by molar-refractivity contribution is 0.302. The van der Waals surface area contributed by atoms with Gasteiger partial charge in [-0.1, -0.05) is 37.6 Å². The smallest absolute Gasteiger partial charge is 0.273 e. The standard InChI is InChI=1S/C27H26BrClN4O3/c1-15(2)26-31-12-16(3)25(32-26)21-11-22(20(29)13-30-21)33-17(4)9-23(24(28)27(33)34)36-14-18-7-6-8-19(10-18)35-5/h6-13,15H,14H2,1-5H3. The number of ether oxygens (including phenoxy) is 2. The minimum Gasteiger partial charge on any atom is -0.497 e. The molecule has 0 bridgehead atoms. The fourth-order valence-electron chi connectivity index (χ4n) is 3.73. The van der Waals surface area contributed by atoms with E-state index in [2.05, 4.69) is 25.9 Å². The molecule has 1 aromatic carbocycles. The van der Waals surface area contributed by atoms with Gasteiger partial charge in [0.15, 0.2) is 0 Å². The van der Waals surface area contributed by atoms with Crippen LogP contribution in [0, 0.1) is 13.8 Å². The Morgan fingerprint density at radius 2 is 1.89 bits per heavy atom. The Kier molecular flexibility index (Phi) is 7.76. The Balaban J connectivity index is 1.73. The first kappa shape index (κ1) is 25.9. The Hall–Kier alpha value is -3.23. The van der Waals surface area contributed by atoms with E-state index in [0.717, 1.165) is 22.7 Å². The second-order valence-corrected chi connectivity index (χ2v) is 9.88. The number of rotatable bonds is 7. The largest absolute Gasteiger partial charge is 0.497 e. The van der Waals surface area contributed by atoms with E-state index in [-0.39, 0.29) is 18.1 Å². The molecule has 3 heterocycles. The van der Waals surface area contributed by atoms with Crippen molar-refractivity contribution in [2.24, 2.45) is 0 Å². The molecule has 0 unspecified atom stereocenters. The van der Waals surface area contributed by atoms with Gasteiger partial charge in [0, 0.05) is 30.1 Å².